The first-order valence-corrected chi connectivity index (χ1v) is 7.18. The summed E-state index contributed by atoms with van der Waals surface area (Å²) in [6.07, 6.45) is 1.57. The fourth-order valence-electron chi connectivity index (χ4n) is 2.81. The van der Waals surface area contributed by atoms with Crippen LogP contribution in [0.5, 0.6) is 5.75 Å². The molecule has 1 aromatic carbocycles. The molecule has 1 unspecified atom stereocenters. The highest BCUT2D eigenvalue weighted by Crippen LogP contribution is 2.34. The minimum atomic E-state index is -0.679. The zero-order valence-electron chi connectivity index (χ0n) is 12.2. The highest BCUT2D eigenvalue weighted by atomic mass is 16.5. The summed E-state index contributed by atoms with van der Waals surface area (Å²) in [4.78, 5) is 25.8. The van der Waals surface area contributed by atoms with Crippen LogP contribution in [-0.4, -0.2) is 48.2 Å². The Labute approximate surface area is 127 Å². The van der Waals surface area contributed by atoms with Crippen LogP contribution < -0.4 is 4.74 Å². The van der Waals surface area contributed by atoms with E-state index in [2.05, 4.69) is 0 Å². The molecule has 1 atom stereocenters. The fourth-order valence-corrected chi connectivity index (χ4v) is 2.81. The van der Waals surface area contributed by atoms with Gasteiger partial charge in [0.05, 0.1) is 25.3 Å². The molecule has 1 saturated heterocycles. The fraction of sp³-hybridized carbons (Fsp3) is 0.375. The largest absolute Gasteiger partial charge is 0.502 e. The Morgan fingerprint density at radius 3 is 2.77 bits per heavy atom. The number of carbonyl (C=O) groups excluding carboxylic acids is 2. The molecule has 2 heterocycles. The van der Waals surface area contributed by atoms with Crippen molar-refractivity contribution < 1.29 is 24.2 Å². The Bertz CT molecular complexity index is 646. The van der Waals surface area contributed by atoms with E-state index in [1.54, 1.807) is 24.3 Å². The number of carbonyl (C=O) groups is 2. The Balaban J connectivity index is 1.91. The van der Waals surface area contributed by atoms with Crippen LogP contribution in [-0.2, 0) is 14.3 Å². The van der Waals surface area contributed by atoms with Crippen molar-refractivity contribution in [2.75, 3.05) is 20.3 Å². The van der Waals surface area contributed by atoms with Crippen molar-refractivity contribution in [3.8, 4) is 5.75 Å². The maximum absolute atomic E-state index is 12.6. The van der Waals surface area contributed by atoms with Gasteiger partial charge in [-0.15, -0.1) is 0 Å². The van der Waals surface area contributed by atoms with Crippen LogP contribution in [0.25, 0.3) is 5.57 Å². The van der Waals surface area contributed by atoms with Gasteiger partial charge < -0.3 is 14.6 Å². The molecule has 0 saturated carbocycles. The lowest BCUT2D eigenvalue weighted by Gasteiger charge is -2.18. The number of ether oxygens (including phenoxy) is 2. The van der Waals surface area contributed by atoms with E-state index in [-0.39, 0.29) is 18.2 Å². The molecule has 1 N–H and O–H groups in total. The molecule has 1 fully saturated rings. The van der Waals surface area contributed by atoms with Gasteiger partial charge >= 0.3 is 0 Å². The summed E-state index contributed by atoms with van der Waals surface area (Å²) >= 11 is 0. The van der Waals surface area contributed by atoms with Crippen molar-refractivity contribution in [3.63, 3.8) is 0 Å². The maximum atomic E-state index is 12.6. The smallest absolute Gasteiger partial charge is 0.296 e. The zero-order valence-corrected chi connectivity index (χ0v) is 12.2. The van der Waals surface area contributed by atoms with Crippen molar-refractivity contribution in [2.24, 2.45) is 0 Å². The summed E-state index contributed by atoms with van der Waals surface area (Å²) in [6, 6.07) is 6.80. The third kappa shape index (κ3) is 2.35. The number of methoxy groups -OCH3 is 1. The van der Waals surface area contributed by atoms with Crippen molar-refractivity contribution in [3.05, 3.63) is 35.6 Å². The van der Waals surface area contributed by atoms with Gasteiger partial charge in [-0.1, -0.05) is 18.2 Å². The van der Waals surface area contributed by atoms with E-state index in [0.717, 1.165) is 17.7 Å². The summed E-state index contributed by atoms with van der Waals surface area (Å²) in [7, 11) is 1.47. The average molecular weight is 303 g/mol. The van der Waals surface area contributed by atoms with Gasteiger partial charge in [0.15, 0.2) is 5.76 Å². The van der Waals surface area contributed by atoms with Crippen molar-refractivity contribution in [1.29, 1.82) is 0 Å². The molecule has 116 valence electrons. The molecule has 22 heavy (non-hydrogen) atoms. The lowest BCUT2D eigenvalue weighted by molar-refractivity contribution is -0.139. The predicted molar refractivity (Wildman–Crippen MR) is 78.2 cm³/mol. The van der Waals surface area contributed by atoms with E-state index in [0.29, 0.717) is 17.9 Å². The van der Waals surface area contributed by atoms with Gasteiger partial charge in [-0.25, -0.2) is 0 Å². The zero-order chi connectivity index (χ0) is 15.7. The van der Waals surface area contributed by atoms with E-state index in [1.807, 2.05) is 0 Å². The Kier molecular flexibility index (Phi) is 3.85. The minimum Gasteiger partial charge on any atom is -0.502 e. The van der Waals surface area contributed by atoms with Gasteiger partial charge in [0.25, 0.3) is 11.8 Å². The molecule has 6 heteroatoms. The average Bonchev–Trinajstić information content (AvgIpc) is 3.11. The van der Waals surface area contributed by atoms with E-state index in [9.17, 15) is 14.7 Å². The van der Waals surface area contributed by atoms with Crippen LogP contribution in [0.15, 0.2) is 30.0 Å². The molecule has 0 spiro atoms. The van der Waals surface area contributed by atoms with Gasteiger partial charge in [0.1, 0.15) is 5.75 Å². The van der Waals surface area contributed by atoms with Gasteiger partial charge in [0, 0.05) is 12.2 Å². The molecule has 1 aromatic rings. The first-order chi connectivity index (χ1) is 10.6. The van der Waals surface area contributed by atoms with Gasteiger partial charge in [0.2, 0.25) is 0 Å². The van der Waals surface area contributed by atoms with E-state index >= 15 is 0 Å². The second kappa shape index (κ2) is 5.81. The number of aliphatic hydroxyl groups is 1. The van der Waals surface area contributed by atoms with E-state index < -0.39 is 17.6 Å². The molecular formula is C16H17NO5. The van der Waals surface area contributed by atoms with Crippen LogP contribution in [0.1, 0.15) is 18.4 Å². The number of hydrogen-bond acceptors (Lipinski definition) is 5. The Morgan fingerprint density at radius 2 is 2.09 bits per heavy atom. The van der Waals surface area contributed by atoms with E-state index in [1.165, 1.54) is 7.11 Å². The highest BCUT2D eigenvalue weighted by Gasteiger charge is 2.41. The van der Waals surface area contributed by atoms with Crippen LogP contribution >= 0.6 is 0 Å². The number of amides is 2. The Morgan fingerprint density at radius 1 is 1.32 bits per heavy atom. The number of para-hydroxylation sites is 1. The quantitative estimate of drug-likeness (QED) is 0.853. The second-order valence-corrected chi connectivity index (χ2v) is 5.28. The SMILES string of the molecule is COc1ccccc1C1=C(O)C(=O)N(CC2CCCO2)C1=O. The summed E-state index contributed by atoms with van der Waals surface area (Å²) in [6.45, 7) is 0.806. The van der Waals surface area contributed by atoms with Crippen LogP contribution in [0.4, 0.5) is 0 Å². The lowest BCUT2D eigenvalue weighted by Crippen LogP contribution is -2.38. The number of nitrogens with zero attached hydrogens (tertiary/aromatic N) is 1. The number of rotatable bonds is 4. The summed E-state index contributed by atoms with van der Waals surface area (Å²) in [5.74, 6) is -1.29. The third-order valence-electron chi connectivity index (χ3n) is 3.93. The number of aliphatic hydroxyl groups excluding tert-OH is 1. The summed E-state index contributed by atoms with van der Waals surface area (Å²) in [5.41, 5.74) is 0.399. The third-order valence-corrected chi connectivity index (χ3v) is 3.93. The monoisotopic (exact) mass is 303 g/mol. The molecule has 0 aliphatic carbocycles. The molecule has 2 aliphatic rings. The number of imide groups is 1. The number of hydrogen-bond donors (Lipinski definition) is 1. The van der Waals surface area contributed by atoms with Gasteiger partial charge in [-0.05, 0) is 18.9 Å². The lowest BCUT2D eigenvalue weighted by atomic mass is 10.0. The number of benzene rings is 1. The first-order valence-electron chi connectivity index (χ1n) is 7.18. The predicted octanol–water partition coefficient (Wildman–Crippen LogP) is 1.51. The molecular weight excluding hydrogens is 286 g/mol. The van der Waals surface area contributed by atoms with Crippen LogP contribution in [0.3, 0.4) is 0 Å². The minimum absolute atomic E-state index is 0.0135. The molecule has 2 aliphatic heterocycles. The molecule has 2 amide bonds. The standard InChI is InChI=1S/C16H17NO5/c1-21-12-7-3-2-6-11(12)13-14(18)16(20)17(15(13)19)9-10-5-4-8-22-10/h2-3,6-7,10,18H,4-5,8-9H2,1H3. The topological polar surface area (TPSA) is 76.1 Å². The molecule has 0 radical (unpaired) electrons. The van der Waals surface area contributed by atoms with Gasteiger partial charge in [-0.2, -0.15) is 0 Å². The maximum Gasteiger partial charge on any atom is 0.296 e. The first kappa shape index (κ1) is 14.6. The van der Waals surface area contributed by atoms with Gasteiger partial charge in [-0.3, -0.25) is 14.5 Å². The summed E-state index contributed by atoms with van der Waals surface area (Å²) in [5, 5.41) is 10.1. The normalized spacial score (nSPS) is 21.9. The molecule has 3 rings (SSSR count). The van der Waals surface area contributed by atoms with Crippen LogP contribution in [0.2, 0.25) is 0 Å². The summed E-state index contributed by atoms with van der Waals surface area (Å²) < 4.78 is 10.7. The molecule has 0 aromatic heterocycles. The van der Waals surface area contributed by atoms with Crippen molar-refractivity contribution in [2.45, 2.75) is 18.9 Å². The molecule has 0 bridgehead atoms. The highest BCUT2D eigenvalue weighted by molar-refractivity contribution is 6.35. The van der Waals surface area contributed by atoms with Crippen molar-refractivity contribution >= 4 is 17.4 Å². The van der Waals surface area contributed by atoms with Crippen LogP contribution in [0, 0.1) is 0 Å². The Hall–Kier alpha value is -2.34. The second-order valence-electron chi connectivity index (χ2n) is 5.28. The van der Waals surface area contributed by atoms with E-state index in [4.69, 9.17) is 9.47 Å². The van der Waals surface area contributed by atoms with Crippen molar-refractivity contribution in [1.82, 2.24) is 4.90 Å². The molecule has 6 nitrogen and oxygen atoms in total.